The monoisotopic (exact) mass is 210 g/mol. The highest BCUT2D eigenvalue weighted by Crippen LogP contribution is 2.35. The zero-order valence-electron chi connectivity index (χ0n) is 9.88. The minimum atomic E-state index is -0.779. The first-order chi connectivity index (χ1) is 7.03. The first-order valence-electron chi connectivity index (χ1n) is 5.96. The summed E-state index contributed by atoms with van der Waals surface area (Å²) < 4.78 is 0. The summed E-state index contributed by atoms with van der Waals surface area (Å²) in [4.78, 5) is 10.8. The Morgan fingerprint density at radius 2 is 1.60 bits per heavy atom. The quantitative estimate of drug-likeness (QED) is 0.704. The summed E-state index contributed by atoms with van der Waals surface area (Å²) in [5.41, 5.74) is 0.612. The van der Waals surface area contributed by atoms with Crippen LogP contribution >= 0.6 is 0 Å². The fraction of sp³-hybridized carbons (Fsp3) is 0.769. The van der Waals surface area contributed by atoms with Crippen molar-refractivity contribution >= 4 is 5.97 Å². The maximum Gasteiger partial charge on any atom is 0.330 e. The van der Waals surface area contributed by atoms with Crippen LogP contribution in [0, 0.1) is 5.41 Å². The van der Waals surface area contributed by atoms with Gasteiger partial charge in [0.15, 0.2) is 0 Å². The number of carbonyl (C=O) groups is 1. The zero-order chi connectivity index (χ0) is 11.3. The third-order valence-electron chi connectivity index (χ3n) is 3.40. The van der Waals surface area contributed by atoms with E-state index in [2.05, 4.69) is 6.92 Å². The molecule has 1 saturated carbocycles. The minimum Gasteiger partial charge on any atom is -0.478 e. The summed E-state index contributed by atoms with van der Waals surface area (Å²) in [5.74, 6) is -0.779. The summed E-state index contributed by atoms with van der Waals surface area (Å²) in [6.45, 7) is 3.90. The summed E-state index contributed by atoms with van der Waals surface area (Å²) in [6, 6.07) is 0. The van der Waals surface area contributed by atoms with E-state index in [4.69, 9.17) is 5.11 Å². The molecule has 0 unspecified atom stereocenters. The van der Waals surface area contributed by atoms with Crippen molar-refractivity contribution in [3.63, 3.8) is 0 Å². The van der Waals surface area contributed by atoms with E-state index in [0.717, 1.165) is 12.8 Å². The van der Waals surface area contributed by atoms with E-state index >= 15 is 0 Å². The van der Waals surface area contributed by atoms with Crippen molar-refractivity contribution in [2.24, 2.45) is 5.41 Å². The Labute approximate surface area is 92.4 Å². The van der Waals surface area contributed by atoms with Gasteiger partial charge in [-0.25, -0.2) is 4.79 Å². The third-order valence-corrected chi connectivity index (χ3v) is 3.40. The highest BCUT2D eigenvalue weighted by atomic mass is 16.4. The van der Waals surface area contributed by atoms with Gasteiger partial charge in [-0.05, 0) is 25.2 Å². The van der Waals surface area contributed by atoms with Crippen LogP contribution in [0.5, 0.6) is 0 Å². The van der Waals surface area contributed by atoms with Crippen molar-refractivity contribution in [2.45, 2.75) is 58.8 Å². The van der Waals surface area contributed by atoms with Gasteiger partial charge in [-0.1, -0.05) is 45.1 Å². The molecule has 15 heavy (non-hydrogen) atoms. The van der Waals surface area contributed by atoms with Crippen LogP contribution < -0.4 is 0 Å². The summed E-state index contributed by atoms with van der Waals surface area (Å²) >= 11 is 0. The third kappa shape index (κ3) is 4.06. The standard InChI is InChI=1S/C13H22O2/c1-11(12(14)15)10-13(2)8-6-4-3-5-7-9-13/h10H,3-9H2,1-2H3,(H,14,15). The van der Waals surface area contributed by atoms with Gasteiger partial charge in [0.1, 0.15) is 0 Å². The van der Waals surface area contributed by atoms with E-state index in [-0.39, 0.29) is 5.41 Å². The first kappa shape index (κ1) is 12.3. The molecule has 1 aliphatic carbocycles. The fourth-order valence-corrected chi connectivity index (χ4v) is 2.44. The molecule has 2 heteroatoms. The van der Waals surface area contributed by atoms with Crippen molar-refractivity contribution < 1.29 is 9.90 Å². The van der Waals surface area contributed by atoms with Crippen molar-refractivity contribution in [1.29, 1.82) is 0 Å². The van der Waals surface area contributed by atoms with E-state index in [0.29, 0.717) is 5.57 Å². The van der Waals surface area contributed by atoms with Crippen LogP contribution in [0.2, 0.25) is 0 Å². The number of allylic oxidation sites excluding steroid dienone is 1. The maximum atomic E-state index is 10.8. The first-order valence-corrected chi connectivity index (χ1v) is 5.96. The molecule has 0 saturated heterocycles. The van der Waals surface area contributed by atoms with Gasteiger partial charge >= 0.3 is 5.97 Å². The summed E-state index contributed by atoms with van der Waals surface area (Å²) in [6.07, 6.45) is 10.7. The number of hydrogen-bond donors (Lipinski definition) is 1. The topological polar surface area (TPSA) is 37.3 Å². The second-order valence-corrected chi connectivity index (χ2v) is 5.05. The Morgan fingerprint density at radius 1 is 1.13 bits per heavy atom. The predicted molar refractivity (Wildman–Crippen MR) is 61.8 cm³/mol. The van der Waals surface area contributed by atoms with Gasteiger partial charge in [0.25, 0.3) is 0 Å². The molecule has 1 rings (SSSR count). The van der Waals surface area contributed by atoms with Crippen LogP contribution in [0.3, 0.4) is 0 Å². The van der Waals surface area contributed by atoms with Crippen LogP contribution in [0.15, 0.2) is 11.6 Å². The van der Waals surface area contributed by atoms with Crippen molar-refractivity contribution in [3.05, 3.63) is 11.6 Å². The van der Waals surface area contributed by atoms with Crippen molar-refractivity contribution in [2.75, 3.05) is 0 Å². The maximum absolute atomic E-state index is 10.8. The molecule has 0 amide bonds. The molecule has 0 aliphatic heterocycles. The molecule has 0 bridgehead atoms. The van der Waals surface area contributed by atoms with E-state index in [1.54, 1.807) is 6.92 Å². The van der Waals surface area contributed by atoms with Gasteiger partial charge in [0.2, 0.25) is 0 Å². The Balaban J connectivity index is 2.69. The molecule has 0 aromatic heterocycles. The van der Waals surface area contributed by atoms with Gasteiger partial charge in [-0.15, -0.1) is 0 Å². The van der Waals surface area contributed by atoms with E-state index in [1.165, 1.54) is 32.1 Å². The lowest BCUT2D eigenvalue weighted by atomic mass is 9.77. The number of aliphatic carboxylic acids is 1. The molecule has 0 spiro atoms. The SMILES string of the molecule is CC(=CC1(C)CCCCCCC1)C(=O)O. The molecule has 1 N–H and O–H groups in total. The van der Waals surface area contributed by atoms with E-state index < -0.39 is 5.97 Å². The van der Waals surface area contributed by atoms with Crippen molar-refractivity contribution in [1.82, 2.24) is 0 Å². The summed E-state index contributed by atoms with van der Waals surface area (Å²) in [5, 5.41) is 8.88. The molecule has 0 aromatic carbocycles. The van der Waals surface area contributed by atoms with E-state index in [9.17, 15) is 4.79 Å². The van der Waals surface area contributed by atoms with E-state index in [1.807, 2.05) is 6.08 Å². The highest BCUT2D eigenvalue weighted by Gasteiger charge is 2.23. The molecular weight excluding hydrogens is 188 g/mol. The molecule has 0 radical (unpaired) electrons. The van der Waals surface area contributed by atoms with Crippen LogP contribution in [-0.2, 0) is 4.79 Å². The molecule has 2 nitrogen and oxygen atoms in total. The Bertz CT molecular complexity index is 245. The lowest BCUT2D eigenvalue weighted by Crippen LogP contribution is -2.16. The van der Waals surface area contributed by atoms with Gasteiger partial charge in [-0.3, -0.25) is 0 Å². The smallest absolute Gasteiger partial charge is 0.330 e. The normalized spacial score (nSPS) is 22.9. The second kappa shape index (κ2) is 5.34. The zero-order valence-corrected chi connectivity index (χ0v) is 9.88. The Morgan fingerprint density at radius 3 is 2.07 bits per heavy atom. The lowest BCUT2D eigenvalue weighted by Gasteiger charge is -2.28. The van der Waals surface area contributed by atoms with Crippen LogP contribution in [0.1, 0.15) is 58.8 Å². The van der Waals surface area contributed by atoms with Gasteiger partial charge in [0.05, 0.1) is 0 Å². The van der Waals surface area contributed by atoms with Gasteiger partial charge in [0, 0.05) is 5.57 Å². The molecule has 86 valence electrons. The molecule has 0 atom stereocenters. The number of carboxylic acids is 1. The average Bonchev–Trinajstić information content (AvgIpc) is 2.12. The predicted octanol–water partition coefficient (Wildman–Crippen LogP) is 3.77. The van der Waals surface area contributed by atoms with Gasteiger partial charge < -0.3 is 5.11 Å². The number of hydrogen-bond acceptors (Lipinski definition) is 1. The van der Waals surface area contributed by atoms with Crippen LogP contribution in [0.25, 0.3) is 0 Å². The Hall–Kier alpha value is -0.790. The molecule has 1 fully saturated rings. The lowest BCUT2D eigenvalue weighted by molar-refractivity contribution is -0.132. The average molecular weight is 210 g/mol. The second-order valence-electron chi connectivity index (χ2n) is 5.05. The molecule has 0 heterocycles. The number of rotatable bonds is 2. The van der Waals surface area contributed by atoms with Crippen LogP contribution in [-0.4, -0.2) is 11.1 Å². The molecular formula is C13H22O2. The highest BCUT2D eigenvalue weighted by molar-refractivity contribution is 5.85. The fourth-order valence-electron chi connectivity index (χ4n) is 2.44. The van der Waals surface area contributed by atoms with Crippen LogP contribution in [0.4, 0.5) is 0 Å². The molecule has 0 aromatic rings. The minimum absolute atomic E-state index is 0.114. The Kier molecular flexibility index (Phi) is 4.37. The largest absolute Gasteiger partial charge is 0.478 e. The van der Waals surface area contributed by atoms with Gasteiger partial charge in [-0.2, -0.15) is 0 Å². The summed E-state index contributed by atoms with van der Waals surface area (Å²) in [7, 11) is 0. The molecule has 1 aliphatic rings. The van der Waals surface area contributed by atoms with Crippen molar-refractivity contribution in [3.8, 4) is 0 Å². The number of carboxylic acid groups (broad SMARTS) is 1.